The summed E-state index contributed by atoms with van der Waals surface area (Å²) in [6.07, 6.45) is 0.803. The van der Waals surface area contributed by atoms with Gasteiger partial charge in [-0.3, -0.25) is 4.79 Å². The van der Waals surface area contributed by atoms with Crippen molar-refractivity contribution >= 4 is 27.7 Å². The van der Waals surface area contributed by atoms with Gasteiger partial charge in [0.1, 0.15) is 11.5 Å². The van der Waals surface area contributed by atoms with Crippen molar-refractivity contribution in [2.75, 3.05) is 18.5 Å². The quantitative estimate of drug-likeness (QED) is 0.446. The lowest BCUT2D eigenvalue weighted by Crippen LogP contribution is -2.11. The fourth-order valence-electron chi connectivity index (χ4n) is 1.66. The van der Waals surface area contributed by atoms with Crippen LogP contribution in [0.3, 0.4) is 0 Å². The molecule has 0 aliphatic carbocycles. The Hall–Kier alpha value is -1.56. The number of hydrogen-bond donors (Lipinski definition) is 1. The zero-order valence-corrected chi connectivity index (χ0v) is 13.0. The van der Waals surface area contributed by atoms with Gasteiger partial charge in [-0.25, -0.2) is 4.79 Å². The molecule has 1 aromatic rings. The molecule has 1 aromatic carbocycles. The zero-order valence-electron chi connectivity index (χ0n) is 11.4. The summed E-state index contributed by atoms with van der Waals surface area (Å²) in [5, 5.41) is 9.44. The van der Waals surface area contributed by atoms with E-state index in [9.17, 15) is 9.59 Å². The maximum absolute atomic E-state index is 11.6. The molecule has 1 N–H and O–H groups in total. The van der Waals surface area contributed by atoms with Crippen LogP contribution in [0.4, 0.5) is 0 Å². The van der Waals surface area contributed by atoms with Crippen molar-refractivity contribution in [2.45, 2.75) is 20.3 Å². The molecule has 0 unspecified atom stereocenters. The van der Waals surface area contributed by atoms with Crippen molar-refractivity contribution in [3.8, 4) is 11.5 Å². The minimum Gasteiger partial charge on any atom is -0.492 e. The van der Waals surface area contributed by atoms with E-state index in [1.165, 1.54) is 6.92 Å². The van der Waals surface area contributed by atoms with Gasteiger partial charge in [-0.15, -0.1) is 0 Å². The van der Waals surface area contributed by atoms with Gasteiger partial charge in [-0.1, -0.05) is 15.9 Å². The van der Waals surface area contributed by atoms with Crippen LogP contribution in [0.2, 0.25) is 0 Å². The molecule has 0 bridgehead atoms. The Morgan fingerprint density at radius 3 is 2.55 bits per heavy atom. The molecule has 5 nitrogen and oxygen atoms in total. The summed E-state index contributed by atoms with van der Waals surface area (Å²) in [6.45, 7) is 3.24. The molecule has 110 valence electrons. The minimum absolute atomic E-state index is 0.105. The molecule has 20 heavy (non-hydrogen) atoms. The first kappa shape index (κ1) is 16.5. The number of halogens is 1. The third-order valence-corrected chi connectivity index (χ3v) is 3.17. The third-order valence-electron chi connectivity index (χ3n) is 2.61. The van der Waals surface area contributed by atoms with E-state index >= 15 is 0 Å². The highest BCUT2D eigenvalue weighted by atomic mass is 79.9. The van der Waals surface area contributed by atoms with Crippen LogP contribution in [-0.2, 0) is 4.79 Å². The summed E-state index contributed by atoms with van der Waals surface area (Å²) in [7, 11) is 0. The van der Waals surface area contributed by atoms with E-state index in [4.69, 9.17) is 14.6 Å². The first-order chi connectivity index (χ1) is 9.47. The molecule has 0 aromatic heterocycles. The number of carbonyl (C=O) groups excluding carboxylic acids is 1. The molecule has 0 aliphatic heterocycles. The van der Waals surface area contributed by atoms with Crippen molar-refractivity contribution in [3.05, 3.63) is 23.3 Å². The van der Waals surface area contributed by atoms with Gasteiger partial charge < -0.3 is 14.6 Å². The monoisotopic (exact) mass is 344 g/mol. The lowest BCUT2D eigenvalue weighted by atomic mass is 10.1. The van der Waals surface area contributed by atoms with Crippen molar-refractivity contribution in [1.29, 1.82) is 0 Å². The number of ether oxygens (including phenoxy) is 2. The smallest absolute Gasteiger partial charge is 0.341 e. The SMILES string of the molecule is CC(=O)c1ccc(OCC(=O)O)c(C)c1OCCCBr. The lowest BCUT2D eigenvalue weighted by molar-refractivity contribution is -0.139. The molecule has 0 spiro atoms. The molecule has 0 atom stereocenters. The van der Waals surface area contributed by atoms with Crippen LogP contribution in [0, 0.1) is 6.92 Å². The average molecular weight is 345 g/mol. The summed E-state index contributed by atoms with van der Waals surface area (Å²) in [5.41, 5.74) is 1.10. The molecule has 0 fully saturated rings. The largest absolute Gasteiger partial charge is 0.492 e. The van der Waals surface area contributed by atoms with Gasteiger partial charge in [0.25, 0.3) is 0 Å². The van der Waals surface area contributed by atoms with Crippen molar-refractivity contribution in [2.24, 2.45) is 0 Å². The fourth-order valence-corrected chi connectivity index (χ4v) is 1.89. The predicted octanol–water partition coefficient (Wildman–Crippen LogP) is 2.82. The van der Waals surface area contributed by atoms with Gasteiger partial charge in [-0.05, 0) is 32.4 Å². The second kappa shape index (κ2) is 7.89. The number of aliphatic carboxylic acids is 1. The number of carbonyl (C=O) groups is 2. The lowest BCUT2D eigenvalue weighted by Gasteiger charge is -2.15. The van der Waals surface area contributed by atoms with Crippen LogP contribution in [0.15, 0.2) is 12.1 Å². The van der Waals surface area contributed by atoms with E-state index in [2.05, 4.69) is 15.9 Å². The molecule has 0 saturated carbocycles. The van der Waals surface area contributed by atoms with E-state index < -0.39 is 12.6 Å². The van der Waals surface area contributed by atoms with Crippen LogP contribution in [0.5, 0.6) is 11.5 Å². The Labute approximate surface area is 126 Å². The van der Waals surface area contributed by atoms with Gasteiger partial charge >= 0.3 is 5.97 Å². The second-order valence-corrected chi connectivity index (χ2v) is 4.99. The molecule has 0 amide bonds. The average Bonchev–Trinajstić information content (AvgIpc) is 2.38. The Morgan fingerprint density at radius 1 is 1.30 bits per heavy atom. The van der Waals surface area contributed by atoms with Crippen LogP contribution in [0.1, 0.15) is 29.3 Å². The first-order valence-corrected chi connectivity index (χ1v) is 7.27. The normalized spacial score (nSPS) is 10.2. The Bertz CT molecular complexity index is 499. The highest BCUT2D eigenvalue weighted by Gasteiger charge is 2.16. The first-order valence-electron chi connectivity index (χ1n) is 6.15. The highest BCUT2D eigenvalue weighted by Crippen LogP contribution is 2.32. The number of ketones is 1. The van der Waals surface area contributed by atoms with Crippen LogP contribution < -0.4 is 9.47 Å². The predicted molar refractivity (Wildman–Crippen MR) is 78.2 cm³/mol. The Morgan fingerprint density at radius 2 is 2.00 bits per heavy atom. The molecule has 0 radical (unpaired) electrons. The maximum atomic E-state index is 11.6. The Kier molecular flexibility index (Phi) is 6.51. The van der Waals surface area contributed by atoms with E-state index in [1.807, 2.05) is 0 Å². The number of carboxylic acids is 1. The van der Waals surface area contributed by atoms with E-state index in [0.29, 0.717) is 29.2 Å². The van der Waals surface area contributed by atoms with Crippen LogP contribution >= 0.6 is 15.9 Å². The van der Waals surface area contributed by atoms with E-state index in [0.717, 1.165) is 11.8 Å². The highest BCUT2D eigenvalue weighted by molar-refractivity contribution is 9.09. The molecule has 0 heterocycles. The summed E-state index contributed by atoms with van der Waals surface area (Å²) >= 11 is 3.31. The minimum atomic E-state index is -1.05. The maximum Gasteiger partial charge on any atom is 0.341 e. The van der Waals surface area contributed by atoms with Crippen LogP contribution in [0.25, 0.3) is 0 Å². The van der Waals surface area contributed by atoms with Gasteiger partial charge in [0.15, 0.2) is 12.4 Å². The number of carboxylic acid groups (broad SMARTS) is 1. The second-order valence-electron chi connectivity index (χ2n) is 4.19. The zero-order chi connectivity index (χ0) is 15.1. The topological polar surface area (TPSA) is 72.8 Å². The number of benzene rings is 1. The molecule has 0 aliphatic rings. The molecule has 1 rings (SSSR count). The molecular formula is C14H17BrO5. The van der Waals surface area contributed by atoms with Gasteiger partial charge in [-0.2, -0.15) is 0 Å². The molecular weight excluding hydrogens is 328 g/mol. The number of hydrogen-bond acceptors (Lipinski definition) is 4. The number of alkyl halides is 1. The summed E-state index contributed by atoms with van der Waals surface area (Å²) in [5.74, 6) is -0.291. The summed E-state index contributed by atoms with van der Waals surface area (Å²) in [4.78, 5) is 22.1. The van der Waals surface area contributed by atoms with E-state index in [-0.39, 0.29) is 5.78 Å². The molecule has 0 saturated heterocycles. The number of Topliss-reactive ketones (excluding diaryl/α,β-unsaturated/α-hetero) is 1. The van der Waals surface area contributed by atoms with Crippen molar-refractivity contribution in [1.82, 2.24) is 0 Å². The van der Waals surface area contributed by atoms with Crippen molar-refractivity contribution < 1.29 is 24.2 Å². The van der Waals surface area contributed by atoms with Gasteiger partial charge in [0.2, 0.25) is 0 Å². The third kappa shape index (κ3) is 4.52. The van der Waals surface area contributed by atoms with Gasteiger partial charge in [0.05, 0.1) is 12.2 Å². The van der Waals surface area contributed by atoms with E-state index in [1.54, 1.807) is 19.1 Å². The number of rotatable bonds is 8. The standard InChI is InChI=1S/C14H17BrO5/c1-9-12(20-8-13(17)18)5-4-11(10(2)16)14(9)19-7-3-6-15/h4-5H,3,6-8H2,1-2H3,(H,17,18). The van der Waals surface area contributed by atoms with Crippen molar-refractivity contribution in [3.63, 3.8) is 0 Å². The summed E-state index contributed by atoms with van der Waals surface area (Å²) in [6, 6.07) is 3.18. The van der Waals surface area contributed by atoms with Gasteiger partial charge in [0, 0.05) is 10.9 Å². The summed E-state index contributed by atoms with van der Waals surface area (Å²) < 4.78 is 10.8. The van der Waals surface area contributed by atoms with Crippen LogP contribution in [-0.4, -0.2) is 35.4 Å². The fraction of sp³-hybridized carbons (Fsp3) is 0.429. The molecule has 6 heteroatoms. The Balaban J connectivity index is 3.03.